The van der Waals surface area contributed by atoms with Gasteiger partial charge in [-0.05, 0) is 37.0 Å². The molecule has 0 radical (unpaired) electrons. The third kappa shape index (κ3) is 3.85. The minimum atomic E-state index is 0.0501. The van der Waals surface area contributed by atoms with E-state index in [4.69, 9.17) is 10.5 Å². The Labute approximate surface area is 148 Å². The van der Waals surface area contributed by atoms with E-state index >= 15 is 0 Å². The number of carbonyl (C=O) groups is 1. The van der Waals surface area contributed by atoms with Gasteiger partial charge in [0, 0.05) is 37.9 Å². The fourth-order valence-electron chi connectivity index (χ4n) is 3.21. The predicted octanol–water partition coefficient (Wildman–Crippen LogP) is 2.70. The van der Waals surface area contributed by atoms with Crippen molar-refractivity contribution in [3.8, 4) is 11.1 Å². The zero-order chi connectivity index (χ0) is 17.8. The molecule has 1 fully saturated rings. The number of likely N-dealkylation sites (tertiary alicyclic amines) is 1. The highest BCUT2D eigenvalue weighted by Crippen LogP contribution is 2.26. The molecule has 2 N–H and O–H groups in total. The SMILES string of the molecule is CCCO[C@H]1CCCN(C(=O)c2cccc(-c3cnn(C)c3N)c2)C1. The van der Waals surface area contributed by atoms with Crippen molar-refractivity contribution < 1.29 is 9.53 Å². The van der Waals surface area contributed by atoms with E-state index in [9.17, 15) is 4.79 Å². The van der Waals surface area contributed by atoms with Crippen LogP contribution in [0, 0.1) is 0 Å². The fourth-order valence-corrected chi connectivity index (χ4v) is 3.21. The normalized spacial score (nSPS) is 17.7. The number of hydrogen-bond donors (Lipinski definition) is 1. The highest BCUT2D eigenvalue weighted by atomic mass is 16.5. The Hall–Kier alpha value is -2.34. The Morgan fingerprint density at radius 3 is 3.00 bits per heavy atom. The zero-order valence-electron chi connectivity index (χ0n) is 14.9. The van der Waals surface area contributed by atoms with Gasteiger partial charge in [0.1, 0.15) is 5.82 Å². The molecule has 2 heterocycles. The number of aryl methyl sites for hydroxylation is 1. The summed E-state index contributed by atoms with van der Waals surface area (Å²) in [5, 5.41) is 4.18. The molecule has 1 aliphatic rings. The average molecular weight is 342 g/mol. The Bertz CT molecular complexity index is 741. The minimum absolute atomic E-state index is 0.0501. The monoisotopic (exact) mass is 342 g/mol. The summed E-state index contributed by atoms with van der Waals surface area (Å²) >= 11 is 0. The number of benzene rings is 1. The Morgan fingerprint density at radius 1 is 1.44 bits per heavy atom. The molecule has 0 aliphatic carbocycles. The maximum Gasteiger partial charge on any atom is 0.253 e. The molecule has 1 aromatic heterocycles. The molecule has 6 nitrogen and oxygen atoms in total. The van der Waals surface area contributed by atoms with Crippen LogP contribution in [-0.4, -0.2) is 46.4 Å². The van der Waals surface area contributed by atoms with Gasteiger partial charge in [0.15, 0.2) is 0 Å². The van der Waals surface area contributed by atoms with Gasteiger partial charge in [-0.15, -0.1) is 0 Å². The molecule has 0 unspecified atom stereocenters. The van der Waals surface area contributed by atoms with Gasteiger partial charge in [0.25, 0.3) is 5.91 Å². The number of nitrogens with zero attached hydrogens (tertiary/aromatic N) is 3. The summed E-state index contributed by atoms with van der Waals surface area (Å²) in [6.07, 6.45) is 4.88. The molecular formula is C19H26N4O2. The lowest BCUT2D eigenvalue weighted by atomic mass is 10.0. The van der Waals surface area contributed by atoms with Crippen molar-refractivity contribution >= 4 is 11.7 Å². The predicted molar refractivity (Wildman–Crippen MR) is 98.2 cm³/mol. The number of carbonyl (C=O) groups excluding carboxylic acids is 1. The van der Waals surface area contributed by atoms with E-state index in [0.29, 0.717) is 17.9 Å². The van der Waals surface area contributed by atoms with Crippen LogP contribution in [0.4, 0.5) is 5.82 Å². The molecule has 2 aromatic rings. The number of anilines is 1. The lowest BCUT2D eigenvalue weighted by molar-refractivity contribution is 0.00211. The van der Waals surface area contributed by atoms with E-state index in [1.165, 1.54) is 0 Å². The first-order valence-corrected chi connectivity index (χ1v) is 8.89. The van der Waals surface area contributed by atoms with Crippen LogP contribution in [-0.2, 0) is 11.8 Å². The molecule has 1 atom stereocenters. The topological polar surface area (TPSA) is 73.4 Å². The first-order valence-electron chi connectivity index (χ1n) is 8.89. The van der Waals surface area contributed by atoms with Crippen molar-refractivity contribution in [1.29, 1.82) is 0 Å². The van der Waals surface area contributed by atoms with Crippen molar-refractivity contribution in [2.24, 2.45) is 7.05 Å². The summed E-state index contributed by atoms with van der Waals surface area (Å²) in [4.78, 5) is 14.8. The van der Waals surface area contributed by atoms with E-state index in [0.717, 1.165) is 43.5 Å². The highest BCUT2D eigenvalue weighted by molar-refractivity contribution is 5.96. The molecule has 0 bridgehead atoms. The van der Waals surface area contributed by atoms with E-state index < -0.39 is 0 Å². The van der Waals surface area contributed by atoms with E-state index in [1.807, 2.05) is 29.2 Å². The minimum Gasteiger partial charge on any atom is -0.383 e. The molecule has 134 valence electrons. The zero-order valence-corrected chi connectivity index (χ0v) is 14.9. The van der Waals surface area contributed by atoms with Gasteiger partial charge in [-0.3, -0.25) is 9.48 Å². The van der Waals surface area contributed by atoms with Crippen LogP contribution in [0.5, 0.6) is 0 Å². The third-order valence-corrected chi connectivity index (χ3v) is 4.63. The number of nitrogens with two attached hydrogens (primary N) is 1. The molecule has 0 saturated carbocycles. The lowest BCUT2D eigenvalue weighted by Crippen LogP contribution is -2.43. The van der Waals surface area contributed by atoms with Gasteiger partial charge in [-0.1, -0.05) is 19.1 Å². The molecule has 0 spiro atoms. The molecular weight excluding hydrogens is 316 g/mol. The number of ether oxygens (including phenoxy) is 1. The number of nitrogen functional groups attached to an aromatic ring is 1. The molecule has 1 saturated heterocycles. The van der Waals surface area contributed by atoms with Crippen LogP contribution in [0.2, 0.25) is 0 Å². The summed E-state index contributed by atoms with van der Waals surface area (Å²) < 4.78 is 7.47. The van der Waals surface area contributed by atoms with Crippen LogP contribution >= 0.6 is 0 Å². The standard InChI is InChI=1S/C19H26N4O2/c1-3-10-25-16-8-5-9-23(13-16)19(24)15-7-4-6-14(11-15)17-12-21-22(2)18(17)20/h4,6-7,11-12,16H,3,5,8-10,13,20H2,1-2H3/t16-/m0/s1. The number of amides is 1. The highest BCUT2D eigenvalue weighted by Gasteiger charge is 2.25. The van der Waals surface area contributed by atoms with Crippen molar-refractivity contribution in [2.45, 2.75) is 32.3 Å². The van der Waals surface area contributed by atoms with Gasteiger partial charge in [0.2, 0.25) is 0 Å². The van der Waals surface area contributed by atoms with Crippen molar-refractivity contribution in [1.82, 2.24) is 14.7 Å². The second kappa shape index (κ2) is 7.70. The van der Waals surface area contributed by atoms with Gasteiger partial charge in [0.05, 0.1) is 12.3 Å². The van der Waals surface area contributed by atoms with E-state index in [1.54, 1.807) is 17.9 Å². The Balaban J connectivity index is 1.76. The second-order valence-corrected chi connectivity index (χ2v) is 6.53. The number of hydrogen-bond acceptors (Lipinski definition) is 4. The molecule has 6 heteroatoms. The summed E-state index contributed by atoms with van der Waals surface area (Å²) in [7, 11) is 1.80. The Kier molecular flexibility index (Phi) is 5.38. The van der Waals surface area contributed by atoms with Crippen LogP contribution in [0.15, 0.2) is 30.5 Å². The molecule has 1 aromatic carbocycles. The number of aromatic nitrogens is 2. The van der Waals surface area contributed by atoms with Gasteiger partial charge >= 0.3 is 0 Å². The first kappa shape index (κ1) is 17.5. The van der Waals surface area contributed by atoms with Crippen molar-refractivity contribution in [2.75, 3.05) is 25.4 Å². The number of rotatable bonds is 5. The summed E-state index contributed by atoms with van der Waals surface area (Å²) in [6.45, 7) is 4.30. The summed E-state index contributed by atoms with van der Waals surface area (Å²) in [6, 6.07) is 7.60. The van der Waals surface area contributed by atoms with Gasteiger partial charge in [-0.2, -0.15) is 5.10 Å². The molecule has 1 aliphatic heterocycles. The van der Waals surface area contributed by atoms with Crippen LogP contribution in [0.3, 0.4) is 0 Å². The molecule has 3 rings (SSSR count). The first-order chi connectivity index (χ1) is 12.1. The van der Waals surface area contributed by atoms with Crippen molar-refractivity contribution in [3.05, 3.63) is 36.0 Å². The van der Waals surface area contributed by atoms with Gasteiger partial charge < -0.3 is 15.4 Å². The van der Waals surface area contributed by atoms with E-state index in [-0.39, 0.29) is 12.0 Å². The quantitative estimate of drug-likeness (QED) is 0.907. The summed E-state index contributed by atoms with van der Waals surface area (Å²) in [5.41, 5.74) is 8.49. The third-order valence-electron chi connectivity index (χ3n) is 4.63. The van der Waals surface area contributed by atoms with Crippen LogP contribution in [0.1, 0.15) is 36.5 Å². The smallest absolute Gasteiger partial charge is 0.253 e. The van der Waals surface area contributed by atoms with E-state index in [2.05, 4.69) is 12.0 Å². The molecule has 1 amide bonds. The number of piperidine rings is 1. The van der Waals surface area contributed by atoms with Crippen LogP contribution < -0.4 is 5.73 Å². The van der Waals surface area contributed by atoms with Crippen molar-refractivity contribution in [3.63, 3.8) is 0 Å². The average Bonchev–Trinajstić information content (AvgIpc) is 2.98. The Morgan fingerprint density at radius 2 is 2.28 bits per heavy atom. The lowest BCUT2D eigenvalue weighted by Gasteiger charge is -2.32. The van der Waals surface area contributed by atoms with Crippen LogP contribution in [0.25, 0.3) is 11.1 Å². The maximum atomic E-state index is 12.9. The maximum absolute atomic E-state index is 12.9. The second-order valence-electron chi connectivity index (χ2n) is 6.53. The van der Waals surface area contributed by atoms with Gasteiger partial charge in [-0.25, -0.2) is 0 Å². The molecule has 25 heavy (non-hydrogen) atoms. The largest absolute Gasteiger partial charge is 0.383 e. The summed E-state index contributed by atoms with van der Waals surface area (Å²) in [5.74, 6) is 0.643. The fraction of sp³-hybridized carbons (Fsp3) is 0.474.